The van der Waals surface area contributed by atoms with Crippen LogP contribution in [0.5, 0.6) is 0 Å². The molecule has 0 spiro atoms. The minimum atomic E-state index is -0.334. The summed E-state index contributed by atoms with van der Waals surface area (Å²) in [6.45, 7) is 9.40. The normalized spacial score (nSPS) is 21.9. The number of carbonyl (C=O) groups is 1. The van der Waals surface area contributed by atoms with Gasteiger partial charge in [0, 0.05) is 18.4 Å². The standard InChI is InChI=1S/C10H14O3/c1-7(2)10(11)13-9-4-5-12-8(3)6-9/h9H,1,3-6H2,2H3. The Hall–Kier alpha value is -1.25. The quantitative estimate of drug-likeness (QED) is 0.482. The molecule has 1 fully saturated rings. The minimum absolute atomic E-state index is 0.0922. The van der Waals surface area contributed by atoms with Gasteiger partial charge in [-0.1, -0.05) is 13.2 Å². The van der Waals surface area contributed by atoms with Gasteiger partial charge >= 0.3 is 5.97 Å². The van der Waals surface area contributed by atoms with E-state index in [1.54, 1.807) is 6.92 Å². The fraction of sp³-hybridized carbons (Fsp3) is 0.500. The maximum atomic E-state index is 11.1. The molecule has 13 heavy (non-hydrogen) atoms. The first-order valence-corrected chi connectivity index (χ1v) is 4.26. The fourth-order valence-corrected chi connectivity index (χ4v) is 1.10. The number of esters is 1. The molecule has 1 unspecified atom stereocenters. The summed E-state index contributed by atoms with van der Waals surface area (Å²) in [5.41, 5.74) is 0.428. The molecule has 0 saturated carbocycles. The van der Waals surface area contributed by atoms with Gasteiger partial charge in [0.2, 0.25) is 0 Å². The molecule has 1 aliphatic rings. The molecule has 1 atom stereocenters. The van der Waals surface area contributed by atoms with Crippen molar-refractivity contribution in [3.63, 3.8) is 0 Å². The molecule has 3 nitrogen and oxygen atoms in total. The fourth-order valence-electron chi connectivity index (χ4n) is 1.10. The van der Waals surface area contributed by atoms with Gasteiger partial charge in [-0.3, -0.25) is 0 Å². The van der Waals surface area contributed by atoms with Crippen molar-refractivity contribution < 1.29 is 14.3 Å². The summed E-state index contributed by atoms with van der Waals surface area (Å²) in [6, 6.07) is 0. The van der Waals surface area contributed by atoms with E-state index in [1.807, 2.05) is 0 Å². The highest BCUT2D eigenvalue weighted by atomic mass is 16.6. The van der Waals surface area contributed by atoms with Crippen LogP contribution in [0.15, 0.2) is 24.5 Å². The molecule has 0 amide bonds. The zero-order valence-electron chi connectivity index (χ0n) is 7.84. The highest BCUT2D eigenvalue weighted by molar-refractivity contribution is 5.87. The number of ether oxygens (including phenoxy) is 2. The summed E-state index contributed by atoms with van der Waals surface area (Å²) in [6.07, 6.45) is 1.24. The lowest BCUT2D eigenvalue weighted by Crippen LogP contribution is -2.25. The molecule has 0 aromatic carbocycles. The van der Waals surface area contributed by atoms with Crippen molar-refractivity contribution in [3.8, 4) is 0 Å². The third kappa shape index (κ3) is 2.93. The lowest BCUT2D eigenvalue weighted by Gasteiger charge is -2.24. The van der Waals surface area contributed by atoms with Crippen LogP contribution in [0.3, 0.4) is 0 Å². The molecule has 1 heterocycles. The van der Waals surface area contributed by atoms with Crippen LogP contribution in [0.25, 0.3) is 0 Å². The molecule has 0 aromatic heterocycles. The van der Waals surface area contributed by atoms with Crippen molar-refractivity contribution in [1.29, 1.82) is 0 Å². The molecule has 0 bridgehead atoms. The number of hydrogen-bond acceptors (Lipinski definition) is 3. The Balaban J connectivity index is 2.40. The van der Waals surface area contributed by atoms with Crippen molar-refractivity contribution in [2.75, 3.05) is 6.61 Å². The lowest BCUT2D eigenvalue weighted by atomic mass is 10.1. The van der Waals surface area contributed by atoms with E-state index in [9.17, 15) is 4.79 Å². The predicted octanol–water partition coefficient (Wildman–Crippen LogP) is 1.80. The second-order valence-electron chi connectivity index (χ2n) is 3.19. The SMILES string of the molecule is C=C1CC(OC(=O)C(=C)C)CCO1. The Morgan fingerprint density at radius 3 is 2.92 bits per heavy atom. The average molecular weight is 182 g/mol. The molecular weight excluding hydrogens is 168 g/mol. The van der Waals surface area contributed by atoms with E-state index in [0.29, 0.717) is 24.4 Å². The van der Waals surface area contributed by atoms with Gasteiger partial charge in [-0.2, -0.15) is 0 Å². The summed E-state index contributed by atoms with van der Waals surface area (Å²) in [7, 11) is 0. The maximum absolute atomic E-state index is 11.1. The first kappa shape index (κ1) is 9.84. The molecular formula is C10H14O3. The van der Waals surface area contributed by atoms with Crippen LogP contribution in [0.1, 0.15) is 19.8 Å². The van der Waals surface area contributed by atoms with E-state index in [-0.39, 0.29) is 12.1 Å². The van der Waals surface area contributed by atoms with Gasteiger partial charge in [0.15, 0.2) is 0 Å². The number of hydrogen-bond donors (Lipinski definition) is 0. The third-order valence-corrected chi connectivity index (χ3v) is 1.82. The minimum Gasteiger partial charge on any atom is -0.498 e. The van der Waals surface area contributed by atoms with Gasteiger partial charge in [0.25, 0.3) is 0 Å². The topological polar surface area (TPSA) is 35.5 Å². The van der Waals surface area contributed by atoms with Gasteiger partial charge in [0.1, 0.15) is 6.10 Å². The summed E-state index contributed by atoms with van der Waals surface area (Å²) >= 11 is 0. The van der Waals surface area contributed by atoms with Crippen molar-refractivity contribution in [2.45, 2.75) is 25.9 Å². The average Bonchev–Trinajstić information content (AvgIpc) is 2.04. The van der Waals surface area contributed by atoms with E-state index < -0.39 is 0 Å². The monoisotopic (exact) mass is 182 g/mol. The molecule has 0 N–H and O–H groups in total. The van der Waals surface area contributed by atoms with E-state index in [2.05, 4.69) is 13.2 Å². The Labute approximate surface area is 78.0 Å². The van der Waals surface area contributed by atoms with Gasteiger partial charge in [0.05, 0.1) is 12.4 Å². The molecule has 1 aliphatic heterocycles. The van der Waals surface area contributed by atoms with Gasteiger partial charge in [-0.25, -0.2) is 4.79 Å². The van der Waals surface area contributed by atoms with Crippen molar-refractivity contribution in [3.05, 3.63) is 24.5 Å². The van der Waals surface area contributed by atoms with Gasteiger partial charge in [-0.15, -0.1) is 0 Å². The molecule has 0 radical (unpaired) electrons. The van der Waals surface area contributed by atoms with Crippen LogP contribution < -0.4 is 0 Å². The highest BCUT2D eigenvalue weighted by Crippen LogP contribution is 2.18. The predicted molar refractivity (Wildman–Crippen MR) is 49.0 cm³/mol. The largest absolute Gasteiger partial charge is 0.498 e. The second-order valence-corrected chi connectivity index (χ2v) is 3.19. The molecule has 1 saturated heterocycles. The van der Waals surface area contributed by atoms with Crippen molar-refractivity contribution >= 4 is 5.97 Å². The molecule has 0 aromatic rings. The molecule has 1 rings (SSSR count). The Morgan fingerprint density at radius 2 is 2.38 bits per heavy atom. The van der Waals surface area contributed by atoms with Crippen molar-refractivity contribution in [2.24, 2.45) is 0 Å². The van der Waals surface area contributed by atoms with Crippen LogP contribution in [0.4, 0.5) is 0 Å². The van der Waals surface area contributed by atoms with E-state index in [1.165, 1.54) is 0 Å². The molecule has 72 valence electrons. The molecule has 3 heteroatoms. The van der Waals surface area contributed by atoms with Crippen molar-refractivity contribution in [1.82, 2.24) is 0 Å². The van der Waals surface area contributed by atoms with E-state index >= 15 is 0 Å². The smallest absolute Gasteiger partial charge is 0.333 e. The second kappa shape index (κ2) is 4.12. The van der Waals surface area contributed by atoms with Crippen LogP contribution in [0.2, 0.25) is 0 Å². The van der Waals surface area contributed by atoms with Crippen LogP contribution >= 0.6 is 0 Å². The first-order chi connectivity index (χ1) is 6.09. The lowest BCUT2D eigenvalue weighted by molar-refractivity contribution is -0.146. The zero-order valence-corrected chi connectivity index (χ0v) is 7.84. The molecule has 0 aliphatic carbocycles. The van der Waals surface area contributed by atoms with Crippen LogP contribution in [-0.4, -0.2) is 18.7 Å². The zero-order chi connectivity index (χ0) is 9.84. The third-order valence-electron chi connectivity index (χ3n) is 1.82. The first-order valence-electron chi connectivity index (χ1n) is 4.26. The Bertz CT molecular complexity index is 243. The van der Waals surface area contributed by atoms with E-state index in [4.69, 9.17) is 9.47 Å². The summed E-state index contributed by atoms with van der Waals surface area (Å²) in [4.78, 5) is 11.1. The summed E-state index contributed by atoms with van der Waals surface area (Å²) in [5.74, 6) is 0.352. The summed E-state index contributed by atoms with van der Waals surface area (Å²) in [5, 5.41) is 0. The highest BCUT2D eigenvalue weighted by Gasteiger charge is 2.20. The number of carbonyl (C=O) groups excluding carboxylic acids is 1. The van der Waals surface area contributed by atoms with Gasteiger partial charge in [-0.05, 0) is 6.92 Å². The Kier molecular flexibility index (Phi) is 3.12. The van der Waals surface area contributed by atoms with Gasteiger partial charge < -0.3 is 9.47 Å². The van der Waals surface area contributed by atoms with Crippen LogP contribution in [0, 0.1) is 0 Å². The van der Waals surface area contributed by atoms with Crippen LogP contribution in [-0.2, 0) is 14.3 Å². The summed E-state index contributed by atoms with van der Waals surface area (Å²) < 4.78 is 10.3. The number of rotatable bonds is 2. The Morgan fingerprint density at radius 1 is 1.69 bits per heavy atom. The van der Waals surface area contributed by atoms with E-state index in [0.717, 1.165) is 6.42 Å². The maximum Gasteiger partial charge on any atom is 0.333 e.